The van der Waals surface area contributed by atoms with Gasteiger partial charge in [0.2, 0.25) is 0 Å². The molecule has 2 unspecified atom stereocenters. The van der Waals surface area contributed by atoms with Crippen LogP contribution in [0.5, 0.6) is 0 Å². The average Bonchev–Trinajstić information content (AvgIpc) is 2.29. The molecule has 0 aliphatic carbocycles. The summed E-state index contributed by atoms with van der Waals surface area (Å²) in [6, 6.07) is 0. The number of ether oxygens (including phenoxy) is 1. The second kappa shape index (κ2) is 4.85. The van der Waals surface area contributed by atoms with Crippen LogP contribution in [-0.2, 0) is 9.53 Å². The fourth-order valence-corrected chi connectivity index (χ4v) is 3.80. The molecule has 2 rings (SSSR count). The van der Waals surface area contributed by atoms with Crippen LogP contribution in [-0.4, -0.2) is 41.2 Å². The fraction of sp³-hybridized carbons (Fsp3) is 0.909. The monoisotopic (exact) mass is 230 g/mol. The van der Waals surface area contributed by atoms with Crippen LogP contribution in [0.4, 0.5) is 0 Å². The van der Waals surface area contributed by atoms with Gasteiger partial charge in [-0.05, 0) is 43.1 Å². The molecule has 0 bridgehead atoms. The summed E-state index contributed by atoms with van der Waals surface area (Å²) in [5.41, 5.74) is -0.0296. The number of carbonyl (C=O) groups excluding carboxylic acids is 1. The molecule has 3 nitrogen and oxygen atoms in total. The highest BCUT2D eigenvalue weighted by molar-refractivity contribution is 7.99. The second-order valence-corrected chi connectivity index (χ2v) is 5.75. The number of hydrogen-bond donors (Lipinski definition) is 1. The van der Waals surface area contributed by atoms with Gasteiger partial charge in [-0.15, -0.1) is 0 Å². The lowest BCUT2D eigenvalue weighted by molar-refractivity contribution is -0.134. The summed E-state index contributed by atoms with van der Waals surface area (Å²) in [6.45, 7) is 0.695. The molecule has 1 spiro atoms. The summed E-state index contributed by atoms with van der Waals surface area (Å²) in [7, 11) is 0. The van der Waals surface area contributed by atoms with Gasteiger partial charge in [0, 0.05) is 6.61 Å². The molecular formula is C11H18O3S. The van der Waals surface area contributed by atoms with Crippen LogP contribution >= 0.6 is 11.8 Å². The number of thioether (sulfide) groups is 1. The molecule has 15 heavy (non-hydrogen) atoms. The maximum atomic E-state index is 10.6. The summed E-state index contributed by atoms with van der Waals surface area (Å²) >= 11 is 1.97. The number of carbonyl (C=O) groups is 1. The topological polar surface area (TPSA) is 46.5 Å². The standard InChI is InChI=1S/C11H18O3S/c12-8-10(13)9-1-4-14-11(7-9)2-5-15-6-3-11/h8-10,13H,1-7H2. The minimum atomic E-state index is -0.791. The van der Waals surface area contributed by atoms with Gasteiger partial charge in [-0.2, -0.15) is 11.8 Å². The van der Waals surface area contributed by atoms with Crippen molar-refractivity contribution in [1.82, 2.24) is 0 Å². The molecule has 4 heteroatoms. The first-order valence-corrected chi connectivity index (χ1v) is 6.76. The number of aldehydes is 1. The molecule has 0 aromatic rings. The van der Waals surface area contributed by atoms with Crippen molar-refractivity contribution in [1.29, 1.82) is 0 Å². The van der Waals surface area contributed by atoms with Crippen LogP contribution in [0.3, 0.4) is 0 Å². The lowest BCUT2D eigenvalue weighted by atomic mass is 9.80. The minimum absolute atomic E-state index is 0.0296. The van der Waals surface area contributed by atoms with Crippen LogP contribution in [0.15, 0.2) is 0 Å². The quantitative estimate of drug-likeness (QED) is 0.725. The smallest absolute Gasteiger partial charge is 0.148 e. The number of aliphatic hydroxyl groups is 1. The van der Waals surface area contributed by atoms with Crippen LogP contribution in [0.25, 0.3) is 0 Å². The highest BCUT2D eigenvalue weighted by Crippen LogP contribution is 2.40. The Morgan fingerprint density at radius 1 is 1.47 bits per heavy atom. The molecule has 0 radical (unpaired) electrons. The number of rotatable bonds is 2. The first-order chi connectivity index (χ1) is 7.26. The first-order valence-electron chi connectivity index (χ1n) is 5.61. The predicted molar refractivity (Wildman–Crippen MR) is 60.0 cm³/mol. The first kappa shape index (κ1) is 11.4. The van der Waals surface area contributed by atoms with E-state index in [1.54, 1.807) is 0 Å². The fourth-order valence-electron chi connectivity index (χ4n) is 2.56. The van der Waals surface area contributed by atoms with Gasteiger partial charge in [0.05, 0.1) is 5.60 Å². The Morgan fingerprint density at radius 2 is 2.20 bits per heavy atom. The Morgan fingerprint density at radius 3 is 2.87 bits per heavy atom. The molecule has 2 atom stereocenters. The van der Waals surface area contributed by atoms with Gasteiger partial charge < -0.3 is 14.6 Å². The maximum absolute atomic E-state index is 10.6. The molecule has 86 valence electrons. The minimum Gasteiger partial charge on any atom is -0.385 e. The van der Waals surface area contributed by atoms with Gasteiger partial charge in [0.15, 0.2) is 0 Å². The van der Waals surface area contributed by atoms with Crippen molar-refractivity contribution in [2.24, 2.45) is 5.92 Å². The van der Waals surface area contributed by atoms with Crippen molar-refractivity contribution in [2.75, 3.05) is 18.1 Å². The second-order valence-electron chi connectivity index (χ2n) is 4.52. The predicted octanol–water partition coefficient (Wildman–Crippen LogP) is 1.24. The Labute approximate surface area is 94.6 Å². The number of hydrogen-bond acceptors (Lipinski definition) is 4. The summed E-state index contributed by atoms with van der Waals surface area (Å²) in [5, 5.41) is 9.57. The van der Waals surface area contributed by atoms with Crippen molar-refractivity contribution in [3.8, 4) is 0 Å². The largest absolute Gasteiger partial charge is 0.385 e. The third-order valence-corrected chi connectivity index (χ3v) is 4.54. The Balaban J connectivity index is 1.98. The Kier molecular flexibility index (Phi) is 3.69. The molecule has 0 aromatic carbocycles. The number of aliphatic hydroxyl groups excluding tert-OH is 1. The van der Waals surface area contributed by atoms with Gasteiger partial charge in [-0.1, -0.05) is 0 Å². The highest BCUT2D eigenvalue weighted by Gasteiger charge is 2.40. The molecule has 1 N–H and O–H groups in total. The molecule has 2 aliphatic heterocycles. The van der Waals surface area contributed by atoms with Gasteiger partial charge in [0.25, 0.3) is 0 Å². The van der Waals surface area contributed by atoms with E-state index in [1.807, 2.05) is 11.8 Å². The SMILES string of the molecule is O=CC(O)C1CCOC2(CCSCC2)C1. The summed E-state index contributed by atoms with van der Waals surface area (Å²) in [6.07, 6.45) is 3.68. The van der Waals surface area contributed by atoms with Crippen LogP contribution in [0.1, 0.15) is 25.7 Å². The summed E-state index contributed by atoms with van der Waals surface area (Å²) < 4.78 is 5.89. The van der Waals surface area contributed by atoms with E-state index >= 15 is 0 Å². The zero-order valence-electron chi connectivity index (χ0n) is 8.85. The van der Waals surface area contributed by atoms with Crippen molar-refractivity contribution >= 4 is 18.0 Å². The van der Waals surface area contributed by atoms with Crippen molar-refractivity contribution in [2.45, 2.75) is 37.4 Å². The van der Waals surface area contributed by atoms with Crippen LogP contribution < -0.4 is 0 Å². The molecule has 0 amide bonds. The average molecular weight is 230 g/mol. The third kappa shape index (κ3) is 2.55. The van der Waals surface area contributed by atoms with E-state index in [1.165, 1.54) is 0 Å². The van der Waals surface area contributed by atoms with Gasteiger partial charge in [-0.25, -0.2) is 0 Å². The van der Waals surface area contributed by atoms with E-state index in [0.717, 1.165) is 37.2 Å². The Bertz CT molecular complexity index is 220. The van der Waals surface area contributed by atoms with Gasteiger partial charge in [-0.3, -0.25) is 0 Å². The summed E-state index contributed by atoms with van der Waals surface area (Å²) in [5.74, 6) is 2.40. The van der Waals surface area contributed by atoms with E-state index in [0.29, 0.717) is 12.9 Å². The van der Waals surface area contributed by atoms with Crippen molar-refractivity contribution in [3.05, 3.63) is 0 Å². The lowest BCUT2D eigenvalue weighted by Crippen LogP contribution is -2.45. The normalized spacial score (nSPS) is 32.5. The molecule has 2 heterocycles. The van der Waals surface area contributed by atoms with Gasteiger partial charge in [0.1, 0.15) is 12.4 Å². The van der Waals surface area contributed by atoms with Crippen molar-refractivity contribution < 1.29 is 14.6 Å². The molecular weight excluding hydrogens is 212 g/mol. The zero-order chi connectivity index (χ0) is 10.7. The van der Waals surface area contributed by atoms with E-state index in [4.69, 9.17) is 4.74 Å². The van der Waals surface area contributed by atoms with E-state index in [9.17, 15) is 9.90 Å². The maximum Gasteiger partial charge on any atom is 0.148 e. The van der Waals surface area contributed by atoms with Crippen molar-refractivity contribution in [3.63, 3.8) is 0 Å². The zero-order valence-corrected chi connectivity index (χ0v) is 9.67. The van der Waals surface area contributed by atoms with E-state index < -0.39 is 6.10 Å². The van der Waals surface area contributed by atoms with E-state index in [2.05, 4.69) is 0 Å². The van der Waals surface area contributed by atoms with Gasteiger partial charge >= 0.3 is 0 Å². The molecule has 0 aromatic heterocycles. The lowest BCUT2D eigenvalue weighted by Gasteiger charge is -2.43. The van der Waals surface area contributed by atoms with E-state index in [-0.39, 0.29) is 11.5 Å². The molecule has 0 saturated carbocycles. The highest BCUT2D eigenvalue weighted by atomic mass is 32.2. The summed E-state index contributed by atoms with van der Waals surface area (Å²) in [4.78, 5) is 10.6. The molecule has 2 fully saturated rings. The van der Waals surface area contributed by atoms with Crippen LogP contribution in [0.2, 0.25) is 0 Å². The molecule has 2 aliphatic rings. The molecule has 2 saturated heterocycles. The third-order valence-electron chi connectivity index (χ3n) is 3.56. The van der Waals surface area contributed by atoms with Crippen LogP contribution in [0, 0.1) is 5.92 Å². The Hall–Kier alpha value is -0.0600.